The molecule has 0 fully saturated rings. The molecule has 7 heteroatoms. The van der Waals surface area contributed by atoms with E-state index in [0.29, 0.717) is 30.2 Å². The molecule has 0 spiro atoms. The molecule has 0 bridgehead atoms. The van der Waals surface area contributed by atoms with Gasteiger partial charge in [-0.3, -0.25) is 9.69 Å². The van der Waals surface area contributed by atoms with Gasteiger partial charge in [0, 0.05) is 24.0 Å². The largest absolute Gasteiger partial charge is 0.493 e. The lowest BCUT2D eigenvalue weighted by Crippen LogP contribution is -2.23. The molecule has 0 aliphatic rings. The predicted octanol–water partition coefficient (Wildman–Crippen LogP) is 4.50. The van der Waals surface area contributed by atoms with Gasteiger partial charge >= 0.3 is 0 Å². The third-order valence-electron chi connectivity index (χ3n) is 5.06. The first-order valence-corrected chi connectivity index (χ1v) is 11.3. The van der Waals surface area contributed by atoms with Crippen LogP contribution in [0.2, 0.25) is 0 Å². The van der Waals surface area contributed by atoms with Crippen molar-refractivity contribution in [1.29, 1.82) is 0 Å². The zero-order chi connectivity index (χ0) is 22.1. The first kappa shape index (κ1) is 22.8. The Balaban J connectivity index is 1.56. The van der Waals surface area contributed by atoms with Crippen molar-refractivity contribution in [2.24, 2.45) is 0 Å². The van der Waals surface area contributed by atoms with Gasteiger partial charge in [-0.2, -0.15) is 0 Å². The van der Waals surface area contributed by atoms with Crippen LogP contribution in [0.4, 0.5) is 0 Å². The summed E-state index contributed by atoms with van der Waals surface area (Å²) in [5.74, 6) is 0.941. The monoisotopic (exact) mass is 439 g/mol. The summed E-state index contributed by atoms with van der Waals surface area (Å²) in [6, 6.07) is 13.6. The van der Waals surface area contributed by atoms with Crippen LogP contribution in [-0.4, -0.2) is 36.0 Å². The number of aromatic nitrogens is 1. The summed E-state index contributed by atoms with van der Waals surface area (Å²) in [5, 5.41) is 4.90. The second kappa shape index (κ2) is 11.5. The van der Waals surface area contributed by atoms with Gasteiger partial charge in [-0.25, -0.2) is 4.98 Å². The maximum atomic E-state index is 12.6. The van der Waals surface area contributed by atoms with Gasteiger partial charge in [-0.15, -0.1) is 11.3 Å². The standard InChI is InChI=1S/C24H29N3O3S/c1-4-27(5-2)14-19-8-6-18(7-9-19)13-25-24(28)20-10-11-22(23(12-20)29-3)30-15-21-16-31-17-26-21/h6-12,16-17H,4-5,13-15H2,1-3H3,(H,25,28). The van der Waals surface area contributed by atoms with E-state index in [1.54, 1.807) is 30.8 Å². The Morgan fingerprint density at radius 2 is 1.81 bits per heavy atom. The number of benzene rings is 2. The fourth-order valence-electron chi connectivity index (χ4n) is 3.14. The van der Waals surface area contributed by atoms with Crippen LogP contribution in [0.15, 0.2) is 53.4 Å². The van der Waals surface area contributed by atoms with Gasteiger partial charge in [0.05, 0.1) is 18.3 Å². The molecule has 164 valence electrons. The summed E-state index contributed by atoms with van der Waals surface area (Å²) in [6.45, 7) is 8.17. The second-order valence-corrected chi connectivity index (χ2v) is 7.81. The van der Waals surface area contributed by atoms with Gasteiger partial charge in [0.15, 0.2) is 11.5 Å². The lowest BCUT2D eigenvalue weighted by Gasteiger charge is -2.18. The third-order valence-corrected chi connectivity index (χ3v) is 5.70. The maximum absolute atomic E-state index is 12.6. The number of carbonyl (C=O) groups excluding carboxylic acids is 1. The molecule has 0 aliphatic heterocycles. The highest BCUT2D eigenvalue weighted by Gasteiger charge is 2.12. The smallest absolute Gasteiger partial charge is 0.251 e. The highest BCUT2D eigenvalue weighted by atomic mass is 32.1. The Morgan fingerprint density at radius 1 is 1.06 bits per heavy atom. The minimum absolute atomic E-state index is 0.156. The van der Waals surface area contributed by atoms with Crippen LogP contribution in [0, 0.1) is 0 Å². The molecule has 0 radical (unpaired) electrons. The summed E-state index contributed by atoms with van der Waals surface area (Å²) in [6.07, 6.45) is 0. The molecule has 1 heterocycles. The molecule has 31 heavy (non-hydrogen) atoms. The van der Waals surface area contributed by atoms with Gasteiger partial charge < -0.3 is 14.8 Å². The van der Waals surface area contributed by atoms with E-state index in [9.17, 15) is 4.79 Å². The van der Waals surface area contributed by atoms with E-state index in [0.717, 1.165) is 30.9 Å². The first-order chi connectivity index (χ1) is 15.1. The number of ether oxygens (including phenoxy) is 2. The number of rotatable bonds is 11. The molecule has 3 aromatic rings. The van der Waals surface area contributed by atoms with Gasteiger partial charge in [-0.1, -0.05) is 38.1 Å². The van der Waals surface area contributed by atoms with Crippen LogP contribution in [0.3, 0.4) is 0 Å². The third kappa shape index (κ3) is 6.54. The summed E-state index contributed by atoms with van der Waals surface area (Å²) < 4.78 is 11.2. The minimum Gasteiger partial charge on any atom is -0.493 e. The van der Waals surface area contributed by atoms with Crippen LogP contribution in [-0.2, 0) is 19.7 Å². The van der Waals surface area contributed by atoms with Crippen molar-refractivity contribution in [3.05, 3.63) is 75.7 Å². The molecule has 0 atom stereocenters. The molecule has 0 saturated heterocycles. The van der Waals surface area contributed by atoms with E-state index in [4.69, 9.17) is 9.47 Å². The van der Waals surface area contributed by atoms with E-state index in [1.165, 1.54) is 16.9 Å². The molecule has 1 aromatic heterocycles. The van der Waals surface area contributed by atoms with Crippen LogP contribution in [0.25, 0.3) is 0 Å². The first-order valence-electron chi connectivity index (χ1n) is 10.4. The Labute approximate surface area is 187 Å². The molecule has 0 unspecified atom stereocenters. The highest BCUT2D eigenvalue weighted by Crippen LogP contribution is 2.29. The number of methoxy groups -OCH3 is 1. The van der Waals surface area contributed by atoms with Crippen molar-refractivity contribution in [2.45, 2.75) is 33.5 Å². The van der Waals surface area contributed by atoms with Crippen molar-refractivity contribution in [2.75, 3.05) is 20.2 Å². The topological polar surface area (TPSA) is 63.7 Å². The van der Waals surface area contributed by atoms with Crippen LogP contribution in [0.5, 0.6) is 11.5 Å². The maximum Gasteiger partial charge on any atom is 0.251 e. The number of hydrogen-bond donors (Lipinski definition) is 1. The summed E-state index contributed by atoms with van der Waals surface area (Å²) in [4.78, 5) is 19.2. The van der Waals surface area contributed by atoms with Gasteiger partial charge in [0.25, 0.3) is 5.91 Å². The van der Waals surface area contributed by atoms with Crippen molar-refractivity contribution < 1.29 is 14.3 Å². The summed E-state index contributed by atoms with van der Waals surface area (Å²) in [7, 11) is 1.56. The number of carbonyl (C=O) groups is 1. The predicted molar refractivity (Wildman–Crippen MR) is 124 cm³/mol. The van der Waals surface area contributed by atoms with E-state index in [1.807, 2.05) is 5.38 Å². The Hall–Kier alpha value is -2.90. The number of thiazole rings is 1. The molecular formula is C24H29N3O3S. The van der Waals surface area contributed by atoms with Gasteiger partial charge in [0.1, 0.15) is 6.61 Å². The molecule has 0 aliphatic carbocycles. The molecular weight excluding hydrogens is 410 g/mol. The van der Waals surface area contributed by atoms with E-state index < -0.39 is 0 Å². The van der Waals surface area contributed by atoms with Crippen molar-refractivity contribution in [3.63, 3.8) is 0 Å². The summed E-state index contributed by atoms with van der Waals surface area (Å²) >= 11 is 1.52. The number of nitrogens with zero attached hydrogens (tertiary/aromatic N) is 2. The Morgan fingerprint density at radius 3 is 2.45 bits per heavy atom. The van der Waals surface area contributed by atoms with Crippen molar-refractivity contribution in [3.8, 4) is 11.5 Å². The fourth-order valence-corrected chi connectivity index (χ4v) is 3.68. The quantitative estimate of drug-likeness (QED) is 0.477. The number of hydrogen-bond acceptors (Lipinski definition) is 6. The number of nitrogens with one attached hydrogen (secondary N) is 1. The average molecular weight is 440 g/mol. The highest BCUT2D eigenvalue weighted by molar-refractivity contribution is 7.07. The fraction of sp³-hybridized carbons (Fsp3) is 0.333. The normalized spacial score (nSPS) is 10.8. The second-order valence-electron chi connectivity index (χ2n) is 7.09. The van der Waals surface area contributed by atoms with Gasteiger partial charge in [0.2, 0.25) is 0 Å². The van der Waals surface area contributed by atoms with E-state index in [-0.39, 0.29) is 5.91 Å². The van der Waals surface area contributed by atoms with Crippen LogP contribution >= 0.6 is 11.3 Å². The lowest BCUT2D eigenvalue weighted by molar-refractivity contribution is 0.0950. The molecule has 6 nitrogen and oxygen atoms in total. The SMILES string of the molecule is CCN(CC)Cc1ccc(CNC(=O)c2ccc(OCc3cscn3)c(OC)c2)cc1. The Bertz CT molecular complexity index is 955. The molecule has 1 amide bonds. The number of amides is 1. The van der Waals surface area contributed by atoms with Gasteiger partial charge in [-0.05, 0) is 42.4 Å². The molecule has 3 rings (SSSR count). The molecule has 2 aromatic carbocycles. The Kier molecular flexibility index (Phi) is 8.44. The van der Waals surface area contributed by atoms with E-state index >= 15 is 0 Å². The van der Waals surface area contributed by atoms with E-state index in [2.05, 4.69) is 53.3 Å². The van der Waals surface area contributed by atoms with Crippen molar-refractivity contribution >= 4 is 17.2 Å². The van der Waals surface area contributed by atoms with Crippen LogP contribution < -0.4 is 14.8 Å². The van der Waals surface area contributed by atoms with Crippen molar-refractivity contribution in [1.82, 2.24) is 15.2 Å². The molecule has 0 saturated carbocycles. The average Bonchev–Trinajstić information content (AvgIpc) is 3.34. The molecule has 1 N–H and O–H groups in total. The zero-order valence-corrected chi connectivity index (χ0v) is 19.1. The zero-order valence-electron chi connectivity index (χ0n) is 18.3. The minimum atomic E-state index is -0.156. The lowest BCUT2D eigenvalue weighted by atomic mass is 10.1. The van der Waals surface area contributed by atoms with Crippen LogP contribution in [0.1, 0.15) is 41.0 Å². The summed E-state index contributed by atoms with van der Waals surface area (Å²) in [5.41, 5.74) is 5.48.